The van der Waals surface area contributed by atoms with Gasteiger partial charge in [0.15, 0.2) is 5.16 Å². The van der Waals surface area contributed by atoms with Crippen LogP contribution in [0.4, 0.5) is 11.4 Å². The van der Waals surface area contributed by atoms with Crippen molar-refractivity contribution in [3.63, 3.8) is 0 Å². The molecule has 0 radical (unpaired) electrons. The van der Waals surface area contributed by atoms with Gasteiger partial charge in [-0.05, 0) is 38.0 Å². The predicted molar refractivity (Wildman–Crippen MR) is 108 cm³/mol. The van der Waals surface area contributed by atoms with E-state index in [0.717, 1.165) is 22.4 Å². The predicted octanol–water partition coefficient (Wildman–Crippen LogP) is 3.83. The Labute approximate surface area is 166 Å². The number of hydrogen-bond acceptors (Lipinski definition) is 6. The highest BCUT2D eigenvalue weighted by atomic mass is 32.2. The van der Waals surface area contributed by atoms with E-state index in [0.29, 0.717) is 10.8 Å². The molecule has 0 fully saturated rings. The summed E-state index contributed by atoms with van der Waals surface area (Å²) in [6.07, 6.45) is 1.61. The van der Waals surface area contributed by atoms with Crippen LogP contribution < -0.4 is 5.32 Å². The average Bonchev–Trinajstić information content (AvgIpc) is 3.10. The van der Waals surface area contributed by atoms with Gasteiger partial charge < -0.3 is 5.32 Å². The number of thioether (sulfide) groups is 1. The summed E-state index contributed by atoms with van der Waals surface area (Å²) in [6.45, 7) is 5.82. The minimum absolute atomic E-state index is 0.0665. The number of carbonyl (C=O) groups is 1. The van der Waals surface area contributed by atoms with E-state index in [1.54, 1.807) is 19.3 Å². The number of nitrogens with zero attached hydrogens (tertiary/aromatic N) is 4. The van der Waals surface area contributed by atoms with Crippen LogP contribution in [0.5, 0.6) is 0 Å². The molecule has 0 atom stereocenters. The van der Waals surface area contributed by atoms with Crippen molar-refractivity contribution < 1.29 is 9.72 Å². The zero-order valence-corrected chi connectivity index (χ0v) is 16.5. The zero-order chi connectivity index (χ0) is 20.3. The molecular formula is C19H19N5O3S. The van der Waals surface area contributed by atoms with Crippen molar-refractivity contribution in [2.24, 2.45) is 0 Å². The number of non-ortho nitro benzene ring substituents is 1. The molecule has 28 heavy (non-hydrogen) atoms. The van der Waals surface area contributed by atoms with E-state index in [9.17, 15) is 14.9 Å². The highest BCUT2D eigenvalue weighted by Crippen LogP contribution is 2.24. The molecule has 0 bridgehead atoms. The Morgan fingerprint density at radius 2 is 1.96 bits per heavy atom. The van der Waals surface area contributed by atoms with Crippen molar-refractivity contribution in [1.29, 1.82) is 0 Å². The third kappa shape index (κ3) is 4.37. The van der Waals surface area contributed by atoms with Crippen LogP contribution in [0.25, 0.3) is 5.69 Å². The molecule has 0 aliphatic carbocycles. The molecule has 0 saturated carbocycles. The fourth-order valence-electron chi connectivity index (χ4n) is 2.74. The number of anilines is 1. The second kappa shape index (κ2) is 8.22. The summed E-state index contributed by atoms with van der Waals surface area (Å²) >= 11 is 1.25. The summed E-state index contributed by atoms with van der Waals surface area (Å²) < 4.78 is 1.84. The van der Waals surface area contributed by atoms with E-state index in [4.69, 9.17) is 0 Å². The third-order valence-electron chi connectivity index (χ3n) is 4.17. The Morgan fingerprint density at radius 3 is 2.68 bits per heavy atom. The normalized spacial score (nSPS) is 10.7. The maximum Gasteiger partial charge on any atom is 0.271 e. The SMILES string of the molecule is Cc1ccc(-n2cnnc2SCC(=O)Nc2cc([N+](=O)[O-])ccc2C)c(C)c1. The van der Waals surface area contributed by atoms with Gasteiger partial charge in [-0.1, -0.05) is 35.5 Å². The molecule has 0 spiro atoms. The lowest BCUT2D eigenvalue weighted by Crippen LogP contribution is -2.15. The smallest absolute Gasteiger partial charge is 0.271 e. The zero-order valence-electron chi connectivity index (χ0n) is 15.7. The highest BCUT2D eigenvalue weighted by molar-refractivity contribution is 7.99. The topological polar surface area (TPSA) is 103 Å². The van der Waals surface area contributed by atoms with E-state index >= 15 is 0 Å². The van der Waals surface area contributed by atoms with Crippen LogP contribution in [-0.4, -0.2) is 31.3 Å². The Balaban J connectivity index is 1.70. The fraction of sp³-hybridized carbons (Fsp3) is 0.211. The van der Waals surface area contributed by atoms with Gasteiger partial charge in [-0.25, -0.2) is 0 Å². The molecule has 144 valence electrons. The second-order valence-corrected chi connectivity index (χ2v) is 7.31. The molecule has 0 aliphatic heterocycles. The van der Waals surface area contributed by atoms with Gasteiger partial charge in [0.25, 0.3) is 5.69 Å². The molecule has 1 heterocycles. The lowest BCUT2D eigenvalue weighted by molar-refractivity contribution is -0.384. The molecule has 2 aromatic carbocycles. The second-order valence-electron chi connectivity index (χ2n) is 6.37. The van der Waals surface area contributed by atoms with Gasteiger partial charge in [0.1, 0.15) is 6.33 Å². The van der Waals surface area contributed by atoms with E-state index in [1.165, 1.54) is 23.9 Å². The minimum atomic E-state index is -0.490. The van der Waals surface area contributed by atoms with Crippen LogP contribution in [0.15, 0.2) is 47.9 Å². The Kier molecular flexibility index (Phi) is 5.74. The molecule has 3 aromatic rings. The average molecular weight is 397 g/mol. The molecule has 8 nitrogen and oxygen atoms in total. The number of nitrogens with one attached hydrogen (secondary N) is 1. The van der Waals surface area contributed by atoms with Gasteiger partial charge >= 0.3 is 0 Å². The van der Waals surface area contributed by atoms with Crippen LogP contribution >= 0.6 is 11.8 Å². The standard InChI is InChI=1S/C19H19N5O3S/c1-12-4-7-17(14(3)8-12)23-11-20-22-19(23)28-10-18(25)21-16-9-15(24(26)27)6-5-13(16)2/h4-9,11H,10H2,1-3H3,(H,21,25). The lowest BCUT2D eigenvalue weighted by atomic mass is 10.1. The number of rotatable bonds is 6. The first kappa shape index (κ1) is 19.6. The van der Waals surface area contributed by atoms with Crippen LogP contribution in [0.1, 0.15) is 16.7 Å². The highest BCUT2D eigenvalue weighted by Gasteiger charge is 2.14. The lowest BCUT2D eigenvalue weighted by Gasteiger charge is -2.11. The number of aromatic nitrogens is 3. The van der Waals surface area contributed by atoms with E-state index < -0.39 is 4.92 Å². The van der Waals surface area contributed by atoms with Crippen molar-refractivity contribution in [2.75, 3.05) is 11.1 Å². The largest absolute Gasteiger partial charge is 0.325 e. The number of nitro benzene ring substituents is 1. The summed E-state index contributed by atoms with van der Waals surface area (Å²) in [5.41, 5.74) is 4.31. The van der Waals surface area contributed by atoms with Crippen molar-refractivity contribution in [1.82, 2.24) is 14.8 Å². The maximum atomic E-state index is 12.3. The number of amides is 1. The van der Waals surface area contributed by atoms with Crippen LogP contribution in [0.2, 0.25) is 0 Å². The first-order valence-corrected chi connectivity index (χ1v) is 9.49. The summed E-state index contributed by atoms with van der Waals surface area (Å²) in [4.78, 5) is 22.8. The third-order valence-corrected chi connectivity index (χ3v) is 5.11. The number of carbonyl (C=O) groups excluding carboxylic acids is 1. The molecular weight excluding hydrogens is 378 g/mol. The van der Waals surface area contributed by atoms with E-state index in [2.05, 4.69) is 21.6 Å². The first-order valence-electron chi connectivity index (χ1n) is 8.50. The van der Waals surface area contributed by atoms with Gasteiger partial charge in [0, 0.05) is 12.1 Å². The van der Waals surface area contributed by atoms with Crippen molar-refractivity contribution in [3.8, 4) is 5.69 Å². The van der Waals surface area contributed by atoms with Crippen LogP contribution in [0, 0.1) is 30.9 Å². The number of benzene rings is 2. The van der Waals surface area contributed by atoms with E-state index in [1.807, 2.05) is 30.5 Å². The molecule has 9 heteroatoms. The number of hydrogen-bond donors (Lipinski definition) is 1. The van der Waals surface area contributed by atoms with Crippen LogP contribution in [0.3, 0.4) is 0 Å². The molecule has 0 aliphatic rings. The number of nitro groups is 1. The van der Waals surface area contributed by atoms with Gasteiger partial charge in [-0.3, -0.25) is 19.5 Å². The summed E-state index contributed by atoms with van der Waals surface area (Å²) in [6, 6.07) is 10.4. The van der Waals surface area contributed by atoms with E-state index in [-0.39, 0.29) is 17.3 Å². The van der Waals surface area contributed by atoms with Gasteiger partial charge in [0.05, 0.1) is 22.1 Å². The quantitative estimate of drug-likeness (QED) is 0.385. The van der Waals surface area contributed by atoms with Gasteiger partial charge in [0.2, 0.25) is 5.91 Å². The molecule has 0 saturated heterocycles. The Bertz CT molecular complexity index is 1050. The summed E-state index contributed by atoms with van der Waals surface area (Å²) in [7, 11) is 0. The summed E-state index contributed by atoms with van der Waals surface area (Å²) in [5, 5.41) is 22.3. The van der Waals surface area contributed by atoms with Gasteiger partial charge in [-0.2, -0.15) is 0 Å². The maximum absolute atomic E-state index is 12.3. The minimum Gasteiger partial charge on any atom is -0.325 e. The molecule has 0 unspecified atom stereocenters. The van der Waals surface area contributed by atoms with Crippen molar-refractivity contribution >= 4 is 29.0 Å². The molecule has 1 amide bonds. The molecule has 3 rings (SSSR count). The number of aryl methyl sites for hydroxylation is 3. The fourth-order valence-corrected chi connectivity index (χ4v) is 3.46. The van der Waals surface area contributed by atoms with Gasteiger partial charge in [-0.15, -0.1) is 10.2 Å². The molecule has 1 N–H and O–H groups in total. The Hall–Kier alpha value is -3.20. The van der Waals surface area contributed by atoms with Crippen molar-refractivity contribution in [2.45, 2.75) is 25.9 Å². The summed E-state index contributed by atoms with van der Waals surface area (Å²) in [5.74, 6) is -0.171. The Morgan fingerprint density at radius 1 is 1.18 bits per heavy atom. The van der Waals surface area contributed by atoms with Crippen LogP contribution in [-0.2, 0) is 4.79 Å². The first-order chi connectivity index (χ1) is 13.3. The monoisotopic (exact) mass is 397 g/mol. The molecule has 1 aromatic heterocycles. The van der Waals surface area contributed by atoms with Crippen molar-refractivity contribution in [3.05, 3.63) is 69.5 Å².